The van der Waals surface area contributed by atoms with E-state index >= 15 is 0 Å². The van der Waals surface area contributed by atoms with E-state index in [0.29, 0.717) is 6.54 Å². The Morgan fingerprint density at radius 3 is 2.33 bits per heavy atom. The van der Waals surface area contributed by atoms with Gasteiger partial charge in [0, 0.05) is 16.8 Å². The predicted octanol–water partition coefficient (Wildman–Crippen LogP) is 0.0881. The van der Waals surface area contributed by atoms with Crippen LogP contribution in [-0.4, -0.2) is 16.8 Å². The second kappa shape index (κ2) is 4.92. The number of nitrogens with two attached hydrogens (primary N) is 1. The number of hydrogen-bond acceptors (Lipinski definition) is 1. The van der Waals surface area contributed by atoms with Crippen molar-refractivity contribution in [2.75, 3.05) is 6.54 Å². The quantitative estimate of drug-likeness (QED) is 0.384. The average molecular weight is 98.2 g/mol. The van der Waals surface area contributed by atoms with Gasteiger partial charge in [-0.25, -0.2) is 0 Å². The molecule has 3 radical (unpaired) electrons. The molecule has 0 aromatic rings. The van der Waals surface area contributed by atoms with Crippen molar-refractivity contribution in [3.05, 3.63) is 12.2 Å². The van der Waals surface area contributed by atoms with Crippen LogP contribution in [0.15, 0.2) is 12.2 Å². The Hall–Kier alpha value is -0.0831. The Morgan fingerprint density at radius 1 is 1.50 bits per heavy atom. The smallest absolute Gasteiger partial charge is 0.0275 e. The zero-order valence-corrected chi connectivity index (χ0v) is 4.65. The van der Waals surface area contributed by atoms with Crippen molar-refractivity contribution in [2.24, 2.45) is 5.73 Å². The zero-order valence-electron chi connectivity index (χ0n) is 3.65. The molecule has 0 bridgehead atoms. The first kappa shape index (κ1) is 5.92. The average Bonchev–Trinajstić information content (AvgIpc) is 1.61. The van der Waals surface area contributed by atoms with Gasteiger partial charge in [-0.15, -0.1) is 0 Å². The third-order valence-corrected chi connectivity index (χ3v) is 0.656. The Bertz CT molecular complexity index is 36.8. The van der Waals surface area contributed by atoms with Crippen LogP contribution in [0.4, 0.5) is 0 Å². The molecule has 0 saturated carbocycles. The fourth-order valence-corrected chi connectivity index (χ4v) is 0.346. The molecule has 0 aromatic carbocycles. The number of hydrogen-bond donors (Lipinski definition) is 1. The highest BCUT2D eigenvalue weighted by Gasteiger charge is 1.60. The Balaban J connectivity index is 2.73. The fraction of sp³-hybridized carbons (Fsp3) is 0.500. The van der Waals surface area contributed by atoms with Gasteiger partial charge >= 0.3 is 0 Å². The molecule has 0 aromatic heterocycles. The first-order valence-electron chi connectivity index (χ1n) is 1.91. The second-order valence-electron chi connectivity index (χ2n) is 0.911. The SMILES string of the molecule is NCC=CC[Si]. The molecule has 6 heavy (non-hydrogen) atoms. The minimum absolute atomic E-state index is 0.643. The fourth-order valence-electron chi connectivity index (χ4n) is 0.180. The second-order valence-corrected chi connectivity index (χ2v) is 1.32. The molecule has 0 fully saturated rings. The van der Waals surface area contributed by atoms with E-state index in [0.717, 1.165) is 6.04 Å². The predicted molar refractivity (Wildman–Crippen MR) is 28.8 cm³/mol. The van der Waals surface area contributed by atoms with Crippen LogP contribution in [0.2, 0.25) is 6.04 Å². The monoisotopic (exact) mass is 98.0 g/mol. The van der Waals surface area contributed by atoms with Crippen molar-refractivity contribution in [1.29, 1.82) is 0 Å². The van der Waals surface area contributed by atoms with E-state index in [2.05, 4.69) is 10.2 Å². The molecule has 0 aliphatic carbocycles. The van der Waals surface area contributed by atoms with Crippen LogP contribution in [0, 0.1) is 0 Å². The van der Waals surface area contributed by atoms with Gasteiger partial charge in [-0.2, -0.15) is 0 Å². The molecular weight excluding hydrogens is 90.1 g/mol. The lowest BCUT2D eigenvalue weighted by Crippen LogP contribution is -1.91. The van der Waals surface area contributed by atoms with Gasteiger partial charge in [0.2, 0.25) is 0 Å². The summed E-state index contributed by atoms with van der Waals surface area (Å²) < 4.78 is 0. The number of allylic oxidation sites excluding steroid dienone is 1. The summed E-state index contributed by atoms with van der Waals surface area (Å²) in [5.41, 5.74) is 5.11. The summed E-state index contributed by atoms with van der Waals surface area (Å²) >= 11 is 0. The van der Waals surface area contributed by atoms with Crippen molar-refractivity contribution in [2.45, 2.75) is 6.04 Å². The van der Waals surface area contributed by atoms with Gasteiger partial charge in [0.25, 0.3) is 0 Å². The van der Waals surface area contributed by atoms with Crippen molar-refractivity contribution >= 4 is 10.2 Å². The molecule has 2 N–H and O–H groups in total. The molecule has 0 unspecified atom stereocenters. The van der Waals surface area contributed by atoms with Crippen molar-refractivity contribution in [1.82, 2.24) is 0 Å². The molecule has 33 valence electrons. The summed E-state index contributed by atoms with van der Waals surface area (Å²) in [5, 5.41) is 0. The highest BCUT2D eigenvalue weighted by molar-refractivity contribution is 6.09. The third-order valence-electron chi connectivity index (χ3n) is 0.421. The van der Waals surface area contributed by atoms with Gasteiger partial charge in [0.15, 0.2) is 0 Å². The standard InChI is InChI=1S/C4H8NSi/c5-3-1-2-4-6/h1-2H,3-5H2. The van der Waals surface area contributed by atoms with Crippen LogP contribution in [0.25, 0.3) is 0 Å². The molecule has 0 aliphatic rings. The van der Waals surface area contributed by atoms with Crippen molar-refractivity contribution in [3.63, 3.8) is 0 Å². The van der Waals surface area contributed by atoms with Crippen LogP contribution < -0.4 is 5.73 Å². The largest absolute Gasteiger partial charge is 0.327 e. The summed E-state index contributed by atoms with van der Waals surface area (Å²) in [6.45, 7) is 0.643. The molecular formula is C4H8NSi. The van der Waals surface area contributed by atoms with Gasteiger partial charge in [0.05, 0.1) is 0 Å². The van der Waals surface area contributed by atoms with Gasteiger partial charge in [-0.1, -0.05) is 12.2 Å². The maximum atomic E-state index is 5.11. The van der Waals surface area contributed by atoms with E-state index in [1.807, 2.05) is 12.2 Å². The normalized spacial score (nSPS) is 10.3. The van der Waals surface area contributed by atoms with Crippen molar-refractivity contribution < 1.29 is 0 Å². The van der Waals surface area contributed by atoms with E-state index in [1.165, 1.54) is 0 Å². The first-order valence-corrected chi connectivity index (χ1v) is 2.62. The minimum Gasteiger partial charge on any atom is -0.327 e. The summed E-state index contributed by atoms with van der Waals surface area (Å²) in [7, 11) is 3.25. The van der Waals surface area contributed by atoms with Crippen LogP contribution in [0.1, 0.15) is 0 Å². The van der Waals surface area contributed by atoms with Gasteiger partial charge < -0.3 is 5.73 Å². The third kappa shape index (κ3) is 3.92. The van der Waals surface area contributed by atoms with E-state index in [1.54, 1.807) is 0 Å². The molecule has 2 heteroatoms. The first-order chi connectivity index (χ1) is 2.91. The maximum Gasteiger partial charge on any atom is 0.0275 e. The van der Waals surface area contributed by atoms with Crippen LogP contribution in [-0.2, 0) is 0 Å². The molecule has 0 aliphatic heterocycles. The highest BCUT2D eigenvalue weighted by atomic mass is 28.1. The molecule has 0 spiro atoms. The van der Waals surface area contributed by atoms with Crippen LogP contribution >= 0.6 is 0 Å². The minimum atomic E-state index is 0.643. The van der Waals surface area contributed by atoms with Gasteiger partial charge in [0.1, 0.15) is 0 Å². The molecule has 0 saturated heterocycles. The lowest BCUT2D eigenvalue weighted by atomic mass is 10.5. The van der Waals surface area contributed by atoms with Gasteiger partial charge in [-0.05, 0) is 6.04 Å². The van der Waals surface area contributed by atoms with E-state index in [4.69, 9.17) is 5.73 Å². The lowest BCUT2D eigenvalue weighted by molar-refractivity contribution is 1.25. The molecule has 0 atom stereocenters. The molecule has 0 rings (SSSR count). The van der Waals surface area contributed by atoms with Crippen LogP contribution in [0.3, 0.4) is 0 Å². The lowest BCUT2D eigenvalue weighted by Gasteiger charge is -1.73. The molecule has 0 amide bonds. The Kier molecular flexibility index (Phi) is 4.85. The molecule has 0 heterocycles. The van der Waals surface area contributed by atoms with Gasteiger partial charge in [-0.3, -0.25) is 0 Å². The summed E-state index contributed by atoms with van der Waals surface area (Å²) in [4.78, 5) is 0. The number of rotatable bonds is 2. The Labute approximate surface area is 41.7 Å². The summed E-state index contributed by atoms with van der Waals surface area (Å²) in [6.07, 6.45) is 3.88. The Morgan fingerprint density at radius 2 is 2.17 bits per heavy atom. The van der Waals surface area contributed by atoms with Crippen LogP contribution in [0.5, 0.6) is 0 Å². The summed E-state index contributed by atoms with van der Waals surface area (Å²) in [6, 6.07) is 0.900. The summed E-state index contributed by atoms with van der Waals surface area (Å²) in [5.74, 6) is 0. The van der Waals surface area contributed by atoms with Crippen molar-refractivity contribution in [3.8, 4) is 0 Å². The maximum absolute atomic E-state index is 5.11. The van der Waals surface area contributed by atoms with E-state index in [-0.39, 0.29) is 0 Å². The van der Waals surface area contributed by atoms with E-state index in [9.17, 15) is 0 Å². The topological polar surface area (TPSA) is 26.0 Å². The zero-order chi connectivity index (χ0) is 4.83. The molecule has 1 nitrogen and oxygen atoms in total. The van der Waals surface area contributed by atoms with E-state index < -0.39 is 0 Å². The highest BCUT2D eigenvalue weighted by Crippen LogP contribution is 1.71.